The largest absolute Gasteiger partial charge is 0.330 e. The Kier molecular flexibility index (Phi) is 4.76. The quantitative estimate of drug-likeness (QED) is 0.613. The number of rotatable bonds is 5. The van der Waals surface area contributed by atoms with Crippen molar-refractivity contribution in [1.82, 2.24) is 9.13 Å². The van der Waals surface area contributed by atoms with E-state index in [0.717, 1.165) is 5.56 Å². The van der Waals surface area contributed by atoms with E-state index in [1.54, 1.807) is 21.3 Å². The summed E-state index contributed by atoms with van der Waals surface area (Å²) in [7, 11) is 0. The van der Waals surface area contributed by atoms with Gasteiger partial charge in [0, 0.05) is 11.9 Å². The van der Waals surface area contributed by atoms with Gasteiger partial charge in [0.1, 0.15) is 11.3 Å². The van der Waals surface area contributed by atoms with E-state index in [4.69, 9.17) is 11.6 Å². The summed E-state index contributed by atoms with van der Waals surface area (Å²) in [5.41, 5.74) is 1.70. The topological polar surface area (TPSA) is 26.9 Å². The van der Waals surface area contributed by atoms with Crippen molar-refractivity contribution >= 4 is 22.6 Å². The van der Waals surface area contributed by atoms with Crippen molar-refractivity contribution in [2.75, 3.05) is 5.88 Å². The highest BCUT2D eigenvalue weighted by molar-refractivity contribution is 6.17. The fourth-order valence-electron chi connectivity index (χ4n) is 3.26. The summed E-state index contributed by atoms with van der Waals surface area (Å²) in [5, 5.41) is 0. The zero-order valence-corrected chi connectivity index (χ0v) is 14.5. The van der Waals surface area contributed by atoms with E-state index in [0.29, 0.717) is 23.3 Å². The monoisotopic (exact) mass is 346 g/mol. The summed E-state index contributed by atoms with van der Waals surface area (Å²) in [6, 6.07) is 14.1. The minimum absolute atomic E-state index is 0.0597. The maximum atomic E-state index is 14.6. The summed E-state index contributed by atoms with van der Waals surface area (Å²) < 4.78 is 17.8. The molecular formula is C19H20ClFN2O. The van der Waals surface area contributed by atoms with Gasteiger partial charge in [0.2, 0.25) is 0 Å². The Morgan fingerprint density at radius 3 is 2.38 bits per heavy atom. The number of fused-ring (bicyclic) bond motifs is 1. The molecule has 0 aliphatic carbocycles. The number of alkyl halides is 1. The Hall–Kier alpha value is -2.07. The van der Waals surface area contributed by atoms with E-state index < -0.39 is 0 Å². The molecule has 0 aliphatic rings. The molecule has 5 heteroatoms. The van der Waals surface area contributed by atoms with Crippen molar-refractivity contribution in [3.8, 4) is 0 Å². The molecule has 0 spiro atoms. The minimum atomic E-state index is -0.389. The fourth-order valence-corrected chi connectivity index (χ4v) is 3.47. The van der Waals surface area contributed by atoms with Gasteiger partial charge in [-0.2, -0.15) is 0 Å². The van der Waals surface area contributed by atoms with Gasteiger partial charge in [0.25, 0.3) is 0 Å². The predicted molar refractivity (Wildman–Crippen MR) is 96.5 cm³/mol. The highest BCUT2D eigenvalue weighted by Crippen LogP contribution is 2.28. The molecule has 0 amide bonds. The SMILES string of the molecule is CC(C)n1c(=O)n([C@@H](CCCl)c2ccccc2)c2c(F)cccc21. The van der Waals surface area contributed by atoms with Crippen molar-refractivity contribution in [2.45, 2.75) is 32.4 Å². The van der Waals surface area contributed by atoms with Gasteiger partial charge in [0.15, 0.2) is 0 Å². The summed E-state index contributed by atoms with van der Waals surface area (Å²) in [4.78, 5) is 13.1. The number of halogens is 2. The summed E-state index contributed by atoms with van der Waals surface area (Å²) >= 11 is 5.99. The highest BCUT2D eigenvalue weighted by Gasteiger charge is 2.24. The van der Waals surface area contributed by atoms with Crippen LogP contribution in [0.2, 0.25) is 0 Å². The van der Waals surface area contributed by atoms with Crippen molar-refractivity contribution in [1.29, 1.82) is 0 Å². The summed E-state index contributed by atoms with van der Waals surface area (Å²) in [5.74, 6) is -0.00561. The molecule has 0 bridgehead atoms. The molecular weight excluding hydrogens is 327 g/mol. The maximum Gasteiger partial charge on any atom is 0.330 e. The fraction of sp³-hybridized carbons (Fsp3) is 0.316. The Bertz CT molecular complexity index is 899. The number of nitrogens with zero attached hydrogens (tertiary/aromatic N) is 2. The van der Waals surface area contributed by atoms with E-state index >= 15 is 0 Å². The lowest BCUT2D eigenvalue weighted by Gasteiger charge is -2.18. The van der Waals surface area contributed by atoms with Crippen LogP contribution >= 0.6 is 11.6 Å². The Balaban J connectivity index is 2.35. The molecule has 0 N–H and O–H groups in total. The Morgan fingerprint density at radius 1 is 1.04 bits per heavy atom. The average molecular weight is 347 g/mol. The number of para-hydroxylation sites is 1. The summed E-state index contributed by atoms with van der Waals surface area (Å²) in [6.07, 6.45) is 0.553. The molecule has 24 heavy (non-hydrogen) atoms. The molecule has 0 fully saturated rings. The molecule has 0 saturated heterocycles. The standard InChI is InChI=1S/C19H20ClFN2O/c1-13(2)22-17-10-6-9-15(21)18(17)23(19(22)24)16(11-12-20)14-7-4-3-5-8-14/h3-10,13,16H,11-12H2,1-2H3/t16-/m0/s1. The second-order valence-electron chi connectivity index (χ2n) is 6.13. The van der Waals surface area contributed by atoms with Crippen LogP contribution in [0.5, 0.6) is 0 Å². The van der Waals surface area contributed by atoms with Crippen LogP contribution in [0.15, 0.2) is 53.3 Å². The van der Waals surface area contributed by atoms with Crippen LogP contribution in [-0.2, 0) is 0 Å². The maximum absolute atomic E-state index is 14.6. The Morgan fingerprint density at radius 2 is 1.75 bits per heavy atom. The van der Waals surface area contributed by atoms with E-state index in [1.165, 1.54) is 6.07 Å². The van der Waals surface area contributed by atoms with Gasteiger partial charge in [-0.1, -0.05) is 36.4 Å². The van der Waals surface area contributed by atoms with E-state index in [1.807, 2.05) is 44.2 Å². The molecule has 126 valence electrons. The second kappa shape index (κ2) is 6.81. The van der Waals surface area contributed by atoms with Crippen LogP contribution in [0.1, 0.15) is 37.9 Å². The van der Waals surface area contributed by atoms with Crippen LogP contribution < -0.4 is 5.69 Å². The van der Waals surface area contributed by atoms with Crippen molar-refractivity contribution < 1.29 is 4.39 Å². The predicted octanol–water partition coefficient (Wildman–Crippen LogP) is 4.74. The lowest BCUT2D eigenvalue weighted by atomic mass is 10.0. The molecule has 0 unspecified atom stereocenters. The number of hydrogen-bond donors (Lipinski definition) is 0. The van der Waals surface area contributed by atoms with Crippen LogP contribution in [0, 0.1) is 5.82 Å². The first-order chi connectivity index (χ1) is 11.6. The van der Waals surface area contributed by atoms with Gasteiger partial charge < -0.3 is 0 Å². The molecule has 1 atom stereocenters. The van der Waals surface area contributed by atoms with Gasteiger partial charge in [-0.25, -0.2) is 9.18 Å². The van der Waals surface area contributed by atoms with Gasteiger partial charge >= 0.3 is 5.69 Å². The molecule has 2 aromatic carbocycles. The van der Waals surface area contributed by atoms with Crippen LogP contribution in [-0.4, -0.2) is 15.0 Å². The molecule has 3 nitrogen and oxygen atoms in total. The van der Waals surface area contributed by atoms with Gasteiger partial charge in [0.05, 0.1) is 11.6 Å². The first-order valence-corrected chi connectivity index (χ1v) is 8.61. The highest BCUT2D eigenvalue weighted by atomic mass is 35.5. The molecule has 0 aliphatic heterocycles. The zero-order chi connectivity index (χ0) is 17.3. The third kappa shape index (κ3) is 2.75. The van der Waals surface area contributed by atoms with E-state index in [2.05, 4.69) is 0 Å². The summed E-state index contributed by atoms with van der Waals surface area (Å²) in [6.45, 7) is 3.85. The Labute approximate surface area is 145 Å². The first-order valence-electron chi connectivity index (χ1n) is 8.08. The second-order valence-corrected chi connectivity index (χ2v) is 6.51. The van der Waals surface area contributed by atoms with Gasteiger partial charge in [-0.15, -0.1) is 11.6 Å². The molecule has 3 rings (SSSR count). The van der Waals surface area contributed by atoms with Gasteiger partial charge in [-0.05, 0) is 38.0 Å². The number of imidazole rings is 1. The first kappa shape index (κ1) is 16.8. The van der Waals surface area contributed by atoms with E-state index in [9.17, 15) is 9.18 Å². The molecule has 3 aromatic rings. The third-order valence-corrected chi connectivity index (χ3v) is 4.49. The lowest BCUT2D eigenvalue weighted by molar-refractivity contribution is 0.515. The molecule has 1 aromatic heterocycles. The van der Waals surface area contributed by atoms with Gasteiger partial charge in [-0.3, -0.25) is 9.13 Å². The van der Waals surface area contributed by atoms with Crippen LogP contribution in [0.3, 0.4) is 0 Å². The lowest BCUT2D eigenvalue weighted by Crippen LogP contribution is -2.29. The number of aromatic nitrogens is 2. The van der Waals surface area contributed by atoms with Crippen molar-refractivity contribution in [3.05, 3.63) is 70.4 Å². The third-order valence-electron chi connectivity index (χ3n) is 4.27. The zero-order valence-electron chi connectivity index (χ0n) is 13.7. The molecule has 0 saturated carbocycles. The number of hydrogen-bond acceptors (Lipinski definition) is 1. The molecule has 1 heterocycles. The molecule has 0 radical (unpaired) electrons. The number of benzene rings is 2. The minimum Gasteiger partial charge on any atom is -0.289 e. The average Bonchev–Trinajstić information content (AvgIpc) is 2.87. The smallest absolute Gasteiger partial charge is 0.289 e. The van der Waals surface area contributed by atoms with E-state index in [-0.39, 0.29) is 23.6 Å². The van der Waals surface area contributed by atoms with Crippen molar-refractivity contribution in [2.24, 2.45) is 0 Å². The normalized spacial score (nSPS) is 12.9. The van der Waals surface area contributed by atoms with Crippen LogP contribution in [0.4, 0.5) is 4.39 Å². The van der Waals surface area contributed by atoms with Crippen molar-refractivity contribution in [3.63, 3.8) is 0 Å². The van der Waals surface area contributed by atoms with Crippen LogP contribution in [0.25, 0.3) is 11.0 Å².